The zero-order valence-corrected chi connectivity index (χ0v) is 21.3. The van der Waals surface area contributed by atoms with Crippen LogP contribution in [0.2, 0.25) is 0 Å². The van der Waals surface area contributed by atoms with Crippen LogP contribution in [0.25, 0.3) is 0 Å². The molecule has 0 radical (unpaired) electrons. The first-order valence-corrected chi connectivity index (χ1v) is 12.3. The number of amides is 1. The SMILES string of the molecule is CCO[C@@H]1OC(C(=O)NCCNc2ccc([N+](=O)[O-])cn2)=C[C@H](c2ccc(C(=O)OC)cc2)[C@H]1CCCO. The van der Waals surface area contributed by atoms with E-state index < -0.39 is 23.1 Å². The van der Waals surface area contributed by atoms with Crippen LogP contribution in [-0.2, 0) is 19.0 Å². The topological polar surface area (TPSA) is 162 Å². The number of methoxy groups -OCH3 is 1. The molecule has 2 heterocycles. The number of aromatic nitrogens is 1. The molecule has 12 nitrogen and oxygen atoms in total. The van der Waals surface area contributed by atoms with E-state index in [2.05, 4.69) is 15.6 Å². The predicted octanol–water partition coefficient (Wildman–Crippen LogP) is 2.75. The van der Waals surface area contributed by atoms with Crippen molar-refractivity contribution in [3.63, 3.8) is 0 Å². The van der Waals surface area contributed by atoms with Crippen LogP contribution in [0.1, 0.15) is 41.6 Å². The normalized spacial score (nSPS) is 18.6. The number of benzene rings is 1. The number of carbonyl (C=O) groups excluding carboxylic acids is 2. The van der Waals surface area contributed by atoms with Crippen molar-refractivity contribution in [2.24, 2.45) is 5.92 Å². The molecule has 3 N–H and O–H groups in total. The minimum atomic E-state index is -0.704. The van der Waals surface area contributed by atoms with Crippen molar-refractivity contribution in [3.05, 3.63) is 75.7 Å². The average molecular weight is 529 g/mol. The van der Waals surface area contributed by atoms with Gasteiger partial charge in [0, 0.05) is 44.2 Å². The minimum absolute atomic E-state index is 0.0109. The molecule has 12 heteroatoms. The molecule has 1 amide bonds. The first kappa shape index (κ1) is 28.5. The van der Waals surface area contributed by atoms with E-state index in [0.717, 1.165) is 11.8 Å². The molecule has 0 spiro atoms. The molecule has 0 saturated carbocycles. The van der Waals surface area contributed by atoms with Crippen molar-refractivity contribution in [1.82, 2.24) is 10.3 Å². The van der Waals surface area contributed by atoms with E-state index >= 15 is 0 Å². The van der Waals surface area contributed by atoms with Crippen molar-refractivity contribution >= 4 is 23.4 Å². The third-order valence-corrected chi connectivity index (χ3v) is 6.03. The van der Waals surface area contributed by atoms with Gasteiger partial charge in [-0.15, -0.1) is 0 Å². The van der Waals surface area contributed by atoms with Crippen molar-refractivity contribution in [2.45, 2.75) is 32.0 Å². The molecule has 0 aliphatic carbocycles. The van der Waals surface area contributed by atoms with Crippen LogP contribution in [0, 0.1) is 16.0 Å². The van der Waals surface area contributed by atoms with Gasteiger partial charge in [0.1, 0.15) is 12.0 Å². The third kappa shape index (κ3) is 7.49. The van der Waals surface area contributed by atoms with Gasteiger partial charge in [-0.1, -0.05) is 12.1 Å². The second kappa shape index (κ2) is 14.1. The summed E-state index contributed by atoms with van der Waals surface area (Å²) in [5, 5.41) is 25.9. The van der Waals surface area contributed by atoms with Crippen LogP contribution >= 0.6 is 0 Å². The second-order valence-corrected chi connectivity index (χ2v) is 8.48. The van der Waals surface area contributed by atoms with Crippen molar-refractivity contribution in [3.8, 4) is 0 Å². The lowest BCUT2D eigenvalue weighted by Gasteiger charge is -2.37. The summed E-state index contributed by atoms with van der Waals surface area (Å²) in [6, 6.07) is 9.78. The Labute approximate surface area is 220 Å². The number of nitro groups is 1. The van der Waals surface area contributed by atoms with E-state index in [4.69, 9.17) is 14.2 Å². The minimum Gasteiger partial charge on any atom is -0.465 e. The Morgan fingerprint density at radius 1 is 1.18 bits per heavy atom. The van der Waals surface area contributed by atoms with Crippen LogP contribution < -0.4 is 10.6 Å². The molecule has 0 fully saturated rings. The number of hydrogen-bond acceptors (Lipinski definition) is 10. The van der Waals surface area contributed by atoms with Gasteiger partial charge in [0.25, 0.3) is 11.6 Å². The smallest absolute Gasteiger partial charge is 0.337 e. The van der Waals surface area contributed by atoms with Crippen LogP contribution in [0.3, 0.4) is 0 Å². The highest BCUT2D eigenvalue weighted by atomic mass is 16.7. The summed E-state index contributed by atoms with van der Waals surface area (Å²) in [5.74, 6) is -0.749. The lowest BCUT2D eigenvalue weighted by Crippen LogP contribution is -2.39. The Balaban J connectivity index is 1.72. The summed E-state index contributed by atoms with van der Waals surface area (Å²) >= 11 is 0. The van der Waals surface area contributed by atoms with Crippen LogP contribution in [0.15, 0.2) is 54.4 Å². The monoisotopic (exact) mass is 528 g/mol. The number of hydrogen-bond donors (Lipinski definition) is 3. The number of esters is 1. The van der Waals surface area contributed by atoms with E-state index in [1.807, 2.05) is 19.1 Å². The van der Waals surface area contributed by atoms with Gasteiger partial charge in [0.2, 0.25) is 6.29 Å². The van der Waals surface area contributed by atoms with Crippen LogP contribution in [0.5, 0.6) is 0 Å². The van der Waals surface area contributed by atoms with Gasteiger partial charge in [-0.05, 0) is 49.6 Å². The number of ether oxygens (including phenoxy) is 3. The molecule has 204 valence electrons. The summed E-state index contributed by atoms with van der Waals surface area (Å²) in [5.41, 5.74) is 1.17. The average Bonchev–Trinajstić information content (AvgIpc) is 2.94. The van der Waals surface area contributed by atoms with Gasteiger partial charge in [0.05, 0.1) is 17.6 Å². The maximum Gasteiger partial charge on any atom is 0.337 e. The molecule has 1 aliphatic heterocycles. The number of anilines is 1. The lowest BCUT2D eigenvalue weighted by atomic mass is 9.80. The van der Waals surface area contributed by atoms with Gasteiger partial charge in [0.15, 0.2) is 5.76 Å². The molecule has 3 rings (SSSR count). The largest absolute Gasteiger partial charge is 0.465 e. The quantitative estimate of drug-likeness (QED) is 0.152. The van der Waals surface area contributed by atoms with Gasteiger partial charge < -0.3 is 30.0 Å². The first-order valence-electron chi connectivity index (χ1n) is 12.3. The van der Waals surface area contributed by atoms with Crippen molar-refractivity contribution < 1.29 is 33.8 Å². The Hall–Kier alpha value is -4.03. The summed E-state index contributed by atoms with van der Waals surface area (Å²) in [7, 11) is 1.32. The number of rotatable bonds is 13. The molecule has 38 heavy (non-hydrogen) atoms. The maximum atomic E-state index is 13.0. The molecule has 1 aromatic heterocycles. The van der Waals surface area contributed by atoms with E-state index in [9.17, 15) is 24.8 Å². The van der Waals surface area contributed by atoms with Crippen molar-refractivity contribution in [1.29, 1.82) is 0 Å². The highest BCUT2D eigenvalue weighted by Crippen LogP contribution is 2.39. The summed E-state index contributed by atoms with van der Waals surface area (Å²) in [4.78, 5) is 39.0. The fourth-order valence-electron chi connectivity index (χ4n) is 4.16. The molecule has 0 unspecified atom stereocenters. The fourth-order valence-corrected chi connectivity index (χ4v) is 4.16. The van der Waals surface area contributed by atoms with E-state index in [0.29, 0.717) is 37.4 Å². The number of pyridine rings is 1. The van der Waals surface area contributed by atoms with Gasteiger partial charge in [-0.2, -0.15) is 0 Å². The number of nitrogens with one attached hydrogen (secondary N) is 2. The van der Waals surface area contributed by atoms with Gasteiger partial charge in [-0.3, -0.25) is 14.9 Å². The molecule has 3 atom stereocenters. The molecular weight excluding hydrogens is 496 g/mol. The van der Waals surface area contributed by atoms with Gasteiger partial charge >= 0.3 is 5.97 Å². The number of aliphatic hydroxyl groups is 1. The van der Waals surface area contributed by atoms with Crippen molar-refractivity contribution in [2.75, 3.05) is 38.7 Å². The molecule has 1 aliphatic rings. The Morgan fingerprint density at radius 2 is 1.95 bits per heavy atom. The lowest BCUT2D eigenvalue weighted by molar-refractivity contribution is -0.385. The van der Waals surface area contributed by atoms with E-state index in [1.165, 1.54) is 19.2 Å². The summed E-state index contributed by atoms with van der Waals surface area (Å²) in [6.45, 7) is 2.79. The van der Waals surface area contributed by atoms with Crippen LogP contribution in [0.4, 0.5) is 11.5 Å². The Kier molecular flexibility index (Phi) is 10.6. The highest BCUT2D eigenvalue weighted by Gasteiger charge is 2.37. The van der Waals surface area contributed by atoms with E-state index in [1.54, 1.807) is 18.2 Å². The zero-order valence-electron chi connectivity index (χ0n) is 21.3. The number of carbonyl (C=O) groups is 2. The third-order valence-electron chi connectivity index (χ3n) is 6.03. The zero-order chi connectivity index (χ0) is 27.5. The fraction of sp³-hybridized carbons (Fsp3) is 0.423. The Morgan fingerprint density at radius 3 is 2.55 bits per heavy atom. The molecule has 0 saturated heterocycles. The first-order chi connectivity index (χ1) is 18.4. The Bertz CT molecular complexity index is 1120. The standard InChI is InChI=1S/C26H32N4O8/c1-3-37-26-20(5-4-14-31)21(17-6-8-18(9-7-17)25(33)36-2)15-22(38-26)24(32)28-13-12-27-23-11-10-19(16-29-23)30(34)35/h6-11,15-16,20-21,26,31H,3-5,12-14H2,1-2H3,(H,27,29)(H,28,32)/t20-,21-,26-/m1/s1. The molecular formula is C26H32N4O8. The highest BCUT2D eigenvalue weighted by molar-refractivity contribution is 5.92. The second-order valence-electron chi connectivity index (χ2n) is 8.48. The molecule has 1 aromatic carbocycles. The van der Waals surface area contributed by atoms with E-state index in [-0.39, 0.29) is 36.4 Å². The maximum absolute atomic E-state index is 13.0. The molecule has 0 bridgehead atoms. The molecule has 2 aromatic rings. The predicted molar refractivity (Wildman–Crippen MR) is 137 cm³/mol. The van der Waals surface area contributed by atoms with Gasteiger partial charge in [-0.25, -0.2) is 9.78 Å². The summed E-state index contributed by atoms with van der Waals surface area (Å²) in [6.07, 6.45) is 3.32. The summed E-state index contributed by atoms with van der Waals surface area (Å²) < 4.78 is 16.6. The number of allylic oxidation sites excluding steroid dienone is 1. The number of nitrogens with zero attached hydrogens (tertiary/aromatic N) is 2. The van der Waals surface area contributed by atoms with Crippen LogP contribution in [-0.4, -0.2) is 66.6 Å². The number of aliphatic hydroxyl groups excluding tert-OH is 1.